The summed E-state index contributed by atoms with van der Waals surface area (Å²) in [5.74, 6) is 1.81. The van der Waals surface area contributed by atoms with Crippen molar-refractivity contribution < 1.29 is 0 Å². The van der Waals surface area contributed by atoms with Crippen molar-refractivity contribution in [3.05, 3.63) is 119 Å². The monoisotopic (exact) mass is 513 g/mol. The number of aryl methyl sites for hydroxylation is 1. The van der Waals surface area contributed by atoms with Crippen molar-refractivity contribution in [3.8, 4) is 0 Å². The Hall–Kier alpha value is -4.62. The SMILES string of the molecule is NC(c1ccccc1Cc1nc2ccccc2[nH]1)N(Cc1nc2ccccc2[nH]1)c1cccc2c1NCCC2. The van der Waals surface area contributed by atoms with E-state index in [-0.39, 0.29) is 0 Å². The Morgan fingerprint density at radius 2 is 1.46 bits per heavy atom. The number of anilines is 2. The first kappa shape index (κ1) is 23.5. The maximum Gasteiger partial charge on any atom is 0.126 e. The zero-order valence-corrected chi connectivity index (χ0v) is 21.7. The molecule has 0 bridgehead atoms. The van der Waals surface area contributed by atoms with Crippen molar-refractivity contribution in [3.63, 3.8) is 0 Å². The number of hydrogen-bond acceptors (Lipinski definition) is 5. The van der Waals surface area contributed by atoms with E-state index in [0.29, 0.717) is 13.0 Å². The van der Waals surface area contributed by atoms with Gasteiger partial charge in [-0.05, 0) is 59.9 Å². The van der Waals surface area contributed by atoms with E-state index in [1.165, 1.54) is 11.3 Å². The minimum Gasteiger partial charge on any atom is -0.383 e. The Balaban J connectivity index is 1.29. The summed E-state index contributed by atoms with van der Waals surface area (Å²) in [4.78, 5) is 19.0. The zero-order valence-electron chi connectivity index (χ0n) is 21.7. The highest BCUT2D eigenvalue weighted by atomic mass is 15.3. The molecule has 0 radical (unpaired) electrons. The number of rotatable bonds is 7. The predicted molar refractivity (Wildman–Crippen MR) is 158 cm³/mol. The highest BCUT2D eigenvalue weighted by Gasteiger charge is 2.25. The molecule has 5 N–H and O–H groups in total. The summed E-state index contributed by atoms with van der Waals surface area (Å²) in [6.07, 6.45) is 2.47. The number of nitrogens with one attached hydrogen (secondary N) is 3. The number of aromatic nitrogens is 4. The van der Waals surface area contributed by atoms with Gasteiger partial charge in [0.2, 0.25) is 0 Å². The van der Waals surface area contributed by atoms with E-state index in [0.717, 1.165) is 69.9 Å². The highest BCUT2D eigenvalue weighted by molar-refractivity contribution is 5.77. The molecule has 0 spiro atoms. The molecule has 39 heavy (non-hydrogen) atoms. The van der Waals surface area contributed by atoms with Crippen LogP contribution in [-0.4, -0.2) is 26.5 Å². The van der Waals surface area contributed by atoms with E-state index >= 15 is 0 Å². The second kappa shape index (κ2) is 9.93. The van der Waals surface area contributed by atoms with Crippen LogP contribution in [0.3, 0.4) is 0 Å². The van der Waals surface area contributed by atoms with Gasteiger partial charge < -0.3 is 25.9 Å². The third-order valence-corrected chi connectivity index (χ3v) is 7.63. The molecule has 1 aliphatic rings. The van der Waals surface area contributed by atoms with Crippen LogP contribution in [0.4, 0.5) is 11.4 Å². The summed E-state index contributed by atoms with van der Waals surface area (Å²) >= 11 is 0. The van der Waals surface area contributed by atoms with Gasteiger partial charge in [0.15, 0.2) is 0 Å². The van der Waals surface area contributed by atoms with Gasteiger partial charge in [-0.1, -0.05) is 60.7 Å². The van der Waals surface area contributed by atoms with Crippen molar-refractivity contribution in [2.75, 3.05) is 16.8 Å². The molecule has 0 saturated carbocycles. The molecule has 3 heterocycles. The molecule has 6 aromatic rings. The second-order valence-electron chi connectivity index (χ2n) is 10.2. The van der Waals surface area contributed by atoms with Crippen LogP contribution in [0.1, 0.15) is 40.9 Å². The van der Waals surface area contributed by atoms with Crippen LogP contribution < -0.4 is 16.0 Å². The Kier molecular flexibility index (Phi) is 5.98. The quantitative estimate of drug-likeness (QED) is 0.195. The zero-order chi connectivity index (χ0) is 26.2. The molecule has 7 rings (SSSR count). The molecule has 7 nitrogen and oxygen atoms in total. The van der Waals surface area contributed by atoms with Crippen molar-refractivity contribution in [2.45, 2.75) is 32.0 Å². The lowest BCUT2D eigenvalue weighted by Crippen LogP contribution is -2.36. The van der Waals surface area contributed by atoms with Gasteiger partial charge in [-0.3, -0.25) is 0 Å². The molecule has 194 valence electrons. The summed E-state index contributed by atoms with van der Waals surface area (Å²) in [7, 11) is 0. The van der Waals surface area contributed by atoms with Gasteiger partial charge in [0.25, 0.3) is 0 Å². The first-order valence-corrected chi connectivity index (χ1v) is 13.6. The number of H-pyrrole nitrogens is 2. The van der Waals surface area contributed by atoms with Gasteiger partial charge in [0, 0.05) is 13.0 Å². The lowest BCUT2D eigenvalue weighted by Gasteiger charge is -2.35. The minimum atomic E-state index is -0.394. The number of nitrogens with zero attached hydrogens (tertiary/aromatic N) is 3. The first-order valence-electron chi connectivity index (χ1n) is 13.6. The van der Waals surface area contributed by atoms with Crippen LogP contribution in [0.5, 0.6) is 0 Å². The van der Waals surface area contributed by atoms with Crippen molar-refractivity contribution in [1.82, 2.24) is 19.9 Å². The predicted octanol–water partition coefficient (Wildman–Crippen LogP) is 6.05. The minimum absolute atomic E-state index is 0.394. The van der Waals surface area contributed by atoms with E-state index < -0.39 is 6.17 Å². The van der Waals surface area contributed by atoms with Gasteiger partial charge in [-0.2, -0.15) is 0 Å². The molecular formula is C32H31N7. The second-order valence-corrected chi connectivity index (χ2v) is 10.2. The Labute approximate surface area is 227 Å². The van der Waals surface area contributed by atoms with E-state index in [1.807, 2.05) is 36.4 Å². The topological polar surface area (TPSA) is 98.7 Å². The maximum atomic E-state index is 7.20. The largest absolute Gasteiger partial charge is 0.383 e. The lowest BCUT2D eigenvalue weighted by atomic mass is 9.98. The smallest absolute Gasteiger partial charge is 0.126 e. The van der Waals surface area contributed by atoms with Gasteiger partial charge >= 0.3 is 0 Å². The van der Waals surface area contributed by atoms with E-state index in [4.69, 9.17) is 15.7 Å². The van der Waals surface area contributed by atoms with Crippen LogP contribution in [0, 0.1) is 0 Å². The normalized spacial score (nSPS) is 13.8. The first-order chi connectivity index (χ1) is 19.2. The summed E-state index contributed by atoms with van der Waals surface area (Å²) in [5.41, 5.74) is 17.0. The highest BCUT2D eigenvalue weighted by Crippen LogP contribution is 2.37. The van der Waals surface area contributed by atoms with E-state index in [9.17, 15) is 0 Å². The molecule has 0 saturated heterocycles. The summed E-state index contributed by atoms with van der Waals surface area (Å²) in [5, 5.41) is 3.66. The number of nitrogens with two attached hydrogens (primary N) is 1. The number of fused-ring (bicyclic) bond motifs is 3. The van der Waals surface area contributed by atoms with Crippen LogP contribution in [0.15, 0.2) is 91.0 Å². The lowest BCUT2D eigenvalue weighted by molar-refractivity contribution is 0.625. The molecule has 0 fully saturated rings. The Morgan fingerprint density at radius 3 is 2.26 bits per heavy atom. The fourth-order valence-corrected chi connectivity index (χ4v) is 5.73. The summed E-state index contributed by atoms with van der Waals surface area (Å²) < 4.78 is 0. The van der Waals surface area contributed by atoms with E-state index in [2.05, 4.69) is 74.8 Å². The number of hydrogen-bond donors (Lipinski definition) is 4. The maximum absolute atomic E-state index is 7.20. The number of benzene rings is 4. The fraction of sp³-hybridized carbons (Fsp3) is 0.188. The molecule has 1 unspecified atom stereocenters. The van der Waals surface area contributed by atoms with Crippen LogP contribution in [0.2, 0.25) is 0 Å². The third kappa shape index (κ3) is 4.51. The Morgan fingerprint density at radius 1 is 0.769 bits per heavy atom. The average molecular weight is 514 g/mol. The fourth-order valence-electron chi connectivity index (χ4n) is 5.73. The summed E-state index contributed by atoms with van der Waals surface area (Å²) in [6.45, 7) is 1.51. The van der Waals surface area contributed by atoms with Crippen molar-refractivity contribution in [2.24, 2.45) is 5.73 Å². The number of aromatic amines is 2. The number of imidazole rings is 2. The number of para-hydroxylation sites is 5. The van der Waals surface area contributed by atoms with Gasteiger partial charge in [-0.15, -0.1) is 0 Å². The van der Waals surface area contributed by atoms with Crippen LogP contribution in [0.25, 0.3) is 22.1 Å². The van der Waals surface area contributed by atoms with Crippen LogP contribution >= 0.6 is 0 Å². The van der Waals surface area contributed by atoms with Crippen LogP contribution in [-0.2, 0) is 19.4 Å². The third-order valence-electron chi connectivity index (χ3n) is 7.63. The Bertz CT molecular complexity index is 1700. The molecule has 0 amide bonds. The average Bonchev–Trinajstić information content (AvgIpc) is 3.59. The standard InChI is InChI=1S/C32H31N7/c33-32(23-12-2-1-9-22(23)19-29-35-24-13-3-4-14-25(24)36-29)39(20-30-37-26-15-5-6-16-27(26)38-30)28-17-7-10-21-11-8-18-34-31(21)28/h1-7,9-10,12-17,32,34H,8,11,18-20,33H2,(H,35,36)(H,37,38). The van der Waals surface area contributed by atoms with Gasteiger partial charge in [0.1, 0.15) is 17.8 Å². The molecule has 2 aromatic heterocycles. The molecule has 7 heteroatoms. The van der Waals surface area contributed by atoms with Gasteiger partial charge in [-0.25, -0.2) is 9.97 Å². The van der Waals surface area contributed by atoms with Crippen molar-refractivity contribution in [1.29, 1.82) is 0 Å². The molecule has 0 aliphatic carbocycles. The molecular weight excluding hydrogens is 482 g/mol. The molecule has 4 aromatic carbocycles. The van der Waals surface area contributed by atoms with Gasteiger partial charge in [0.05, 0.1) is 40.0 Å². The summed E-state index contributed by atoms with van der Waals surface area (Å²) in [6, 6.07) is 31.2. The molecule has 1 atom stereocenters. The van der Waals surface area contributed by atoms with E-state index in [1.54, 1.807) is 0 Å². The van der Waals surface area contributed by atoms with Crippen molar-refractivity contribution >= 4 is 33.4 Å². The molecule has 1 aliphatic heterocycles.